The fourth-order valence-corrected chi connectivity index (χ4v) is 5.17. The van der Waals surface area contributed by atoms with Crippen LogP contribution in [0.15, 0.2) is 40.7 Å². The van der Waals surface area contributed by atoms with Gasteiger partial charge in [0.2, 0.25) is 11.8 Å². The van der Waals surface area contributed by atoms with E-state index in [0.717, 1.165) is 20.2 Å². The van der Waals surface area contributed by atoms with Crippen molar-refractivity contribution in [3.05, 3.63) is 36.4 Å². The number of thiazole rings is 1. The van der Waals surface area contributed by atoms with E-state index in [9.17, 15) is 9.59 Å². The van der Waals surface area contributed by atoms with Gasteiger partial charge < -0.3 is 19.7 Å². The van der Waals surface area contributed by atoms with Crippen LogP contribution in [0, 0.1) is 5.92 Å². The molecule has 1 atom stereocenters. The van der Waals surface area contributed by atoms with Crippen LogP contribution in [0.3, 0.4) is 0 Å². The van der Waals surface area contributed by atoms with Crippen LogP contribution in [0.2, 0.25) is 0 Å². The molecule has 1 aromatic heterocycles. The van der Waals surface area contributed by atoms with Crippen LogP contribution < -0.4 is 19.7 Å². The molecule has 30 heavy (non-hydrogen) atoms. The third-order valence-electron chi connectivity index (χ3n) is 5.14. The molecule has 5 rings (SSSR count). The number of hydrogen-bond donors (Lipinski definition) is 1. The van der Waals surface area contributed by atoms with Crippen LogP contribution in [0.5, 0.6) is 11.5 Å². The molecule has 0 bridgehead atoms. The number of carbonyl (C=O) groups excluding carboxylic acids is 2. The molecule has 1 saturated heterocycles. The van der Waals surface area contributed by atoms with Crippen LogP contribution in [0.4, 0.5) is 11.4 Å². The number of carbonyl (C=O) groups is 2. The van der Waals surface area contributed by atoms with Gasteiger partial charge in [-0.3, -0.25) is 9.59 Å². The predicted molar refractivity (Wildman–Crippen MR) is 118 cm³/mol. The number of amides is 2. The molecule has 2 aliphatic rings. The predicted octanol–water partition coefficient (Wildman–Crippen LogP) is 3.78. The first-order chi connectivity index (χ1) is 14.6. The van der Waals surface area contributed by atoms with Gasteiger partial charge in [-0.1, -0.05) is 11.8 Å². The molecular formula is C21H19N3O4S2. The molecule has 154 valence electrons. The number of anilines is 2. The number of aromatic nitrogens is 1. The summed E-state index contributed by atoms with van der Waals surface area (Å²) in [6.45, 7) is 1.34. The van der Waals surface area contributed by atoms with Crippen LogP contribution in [0.1, 0.15) is 6.42 Å². The lowest BCUT2D eigenvalue weighted by molar-refractivity contribution is -0.122. The summed E-state index contributed by atoms with van der Waals surface area (Å²) in [5.74, 6) is 0.660. The van der Waals surface area contributed by atoms with E-state index in [1.807, 2.05) is 30.5 Å². The lowest BCUT2D eigenvalue weighted by Gasteiger charge is -2.22. The van der Waals surface area contributed by atoms with E-state index in [2.05, 4.69) is 10.3 Å². The minimum absolute atomic E-state index is 0.0747. The Kier molecular flexibility index (Phi) is 5.00. The molecule has 1 N–H and O–H groups in total. The number of hydrogen-bond acceptors (Lipinski definition) is 7. The maximum Gasteiger partial charge on any atom is 0.229 e. The molecule has 2 amide bonds. The molecular weight excluding hydrogens is 422 g/mol. The molecule has 0 aliphatic carbocycles. The quantitative estimate of drug-likeness (QED) is 0.621. The molecule has 0 spiro atoms. The Morgan fingerprint density at radius 3 is 2.87 bits per heavy atom. The second-order valence-electron chi connectivity index (χ2n) is 7.09. The van der Waals surface area contributed by atoms with Gasteiger partial charge >= 0.3 is 0 Å². The maximum absolute atomic E-state index is 12.8. The smallest absolute Gasteiger partial charge is 0.229 e. The van der Waals surface area contributed by atoms with Crippen LogP contribution in [-0.4, -0.2) is 42.8 Å². The zero-order valence-corrected chi connectivity index (χ0v) is 17.8. The van der Waals surface area contributed by atoms with Crippen molar-refractivity contribution in [2.24, 2.45) is 5.92 Å². The van der Waals surface area contributed by atoms with Crippen molar-refractivity contribution in [3.8, 4) is 11.5 Å². The molecule has 0 unspecified atom stereocenters. The molecule has 3 heterocycles. The highest BCUT2D eigenvalue weighted by atomic mass is 32.2. The van der Waals surface area contributed by atoms with Gasteiger partial charge in [-0.2, -0.15) is 0 Å². The summed E-state index contributed by atoms with van der Waals surface area (Å²) >= 11 is 3.20. The molecule has 3 aromatic rings. The van der Waals surface area contributed by atoms with E-state index >= 15 is 0 Å². The fraction of sp³-hybridized carbons (Fsp3) is 0.286. The Balaban J connectivity index is 1.30. The van der Waals surface area contributed by atoms with E-state index in [-0.39, 0.29) is 18.2 Å². The monoisotopic (exact) mass is 441 g/mol. The number of nitrogens with zero attached hydrogens (tertiary/aromatic N) is 2. The first-order valence-corrected chi connectivity index (χ1v) is 11.6. The second kappa shape index (κ2) is 7.81. The summed E-state index contributed by atoms with van der Waals surface area (Å²) in [6.07, 6.45) is 2.17. The largest absolute Gasteiger partial charge is 0.486 e. The van der Waals surface area contributed by atoms with Crippen molar-refractivity contribution in [2.45, 2.75) is 10.8 Å². The number of rotatable bonds is 4. The standard InChI is InChI=1S/C21H19N3O4S2/c1-29-21-23-15-4-2-13(9-18(15)30-21)22-20(26)12-8-19(25)24(11-12)14-3-5-16-17(10-14)28-7-6-27-16/h2-5,9-10,12H,6-8,11H2,1H3,(H,22,26)/t12-/m0/s1. The number of thioether (sulfide) groups is 1. The molecule has 1 fully saturated rings. The van der Waals surface area contributed by atoms with Gasteiger partial charge in [-0.15, -0.1) is 11.3 Å². The summed E-state index contributed by atoms with van der Waals surface area (Å²) in [5.41, 5.74) is 2.35. The average molecular weight is 442 g/mol. The van der Waals surface area contributed by atoms with Gasteiger partial charge in [0.05, 0.1) is 16.1 Å². The van der Waals surface area contributed by atoms with Gasteiger partial charge in [-0.25, -0.2) is 4.98 Å². The number of nitrogens with one attached hydrogen (secondary N) is 1. The zero-order chi connectivity index (χ0) is 20.7. The highest BCUT2D eigenvalue weighted by Gasteiger charge is 2.35. The van der Waals surface area contributed by atoms with Crippen molar-refractivity contribution in [1.82, 2.24) is 4.98 Å². The average Bonchev–Trinajstić information content (AvgIpc) is 3.36. The summed E-state index contributed by atoms with van der Waals surface area (Å²) in [5, 5.41) is 2.96. The number of ether oxygens (including phenoxy) is 2. The summed E-state index contributed by atoms with van der Waals surface area (Å²) in [4.78, 5) is 31.6. The van der Waals surface area contributed by atoms with Crippen LogP contribution in [0.25, 0.3) is 10.2 Å². The summed E-state index contributed by atoms with van der Waals surface area (Å²) in [7, 11) is 0. The van der Waals surface area contributed by atoms with Crippen molar-refractivity contribution in [2.75, 3.05) is 36.2 Å². The van der Waals surface area contributed by atoms with E-state index < -0.39 is 5.92 Å². The first kappa shape index (κ1) is 19.2. The number of benzene rings is 2. The Morgan fingerprint density at radius 2 is 2.03 bits per heavy atom. The lowest BCUT2D eigenvalue weighted by atomic mass is 10.1. The Bertz CT molecular complexity index is 1150. The van der Waals surface area contributed by atoms with Gasteiger partial charge in [0.1, 0.15) is 13.2 Å². The van der Waals surface area contributed by atoms with E-state index in [1.165, 1.54) is 0 Å². The summed E-state index contributed by atoms with van der Waals surface area (Å²) in [6, 6.07) is 11.1. The number of fused-ring (bicyclic) bond motifs is 2. The van der Waals surface area contributed by atoms with E-state index in [0.29, 0.717) is 36.9 Å². The SMILES string of the molecule is CSc1nc2ccc(NC(=O)[C@H]3CC(=O)N(c4ccc5c(c4)OCCO5)C3)cc2s1. The minimum Gasteiger partial charge on any atom is -0.486 e. The third kappa shape index (κ3) is 3.59. The molecule has 0 radical (unpaired) electrons. The van der Waals surface area contributed by atoms with Gasteiger partial charge in [0.15, 0.2) is 15.8 Å². The second-order valence-corrected chi connectivity index (χ2v) is 9.17. The van der Waals surface area contributed by atoms with Gasteiger partial charge in [0.25, 0.3) is 0 Å². The maximum atomic E-state index is 12.8. The highest BCUT2D eigenvalue weighted by molar-refractivity contribution is 8.00. The van der Waals surface area contributed by atoms with Gasteiger partial charge in [0, 0.05) is 30.4 Å². The van der Waals surface area contributed by atoms with Crippen molar-refractivity contribution >= 4 is 56.5 Å². The van der Waals surface area contributed by atoms with Crippen molar-refractivity contribution < 1.29 is 19.1 Å². The van der Waals surface area contributed by atoms with Gasteiger partial charge in [-0.05, 0) is 36.6 Å². The Hall–Kier alpha value is -2.78. The van der Waals surface area contributed by atoms with Crippen LogP contribution >= 0.6 is 23.1 Å². The highest BCUT2D eigenvalue weighted by Crippen LogP contribution is 2.36. The van der Waals surface area contributed by atoms with E-state index in [4.69, 9.17) is 9.47 Å². The third-order valence-corrected chi connectivity index (χ3v) is 7.15. The normalized spacial score (nSPS) is 18.1. The fourth-order valence-electron chi connectivity index (χ4n) is 3.65. The molecule has 2 aliphatic heterocycles. The summed E-state index contributed by atoms with van der Waals surface area (Å²) < 4.78 is 13.2. The minimum atomic E-state index is -0.412. The van der Waals surface area contributed by atoms with Crippen molar-refractivity contribution in [3.63, 3.8) is 0 Å². The topological polar surface area (TPSA) is 80.8 Å². The zero-order valence-electron chi connectivity index (χ0n) is 16.2. The molecule has 0 saturated carbocycles. The Labute approximate surface area is 181 Å². The lowest BCUT2D eigenvalue weighted by Crippen LogP contribution is -2.28. The van der Waals surface area contributed by atoms with E-state index in [1.54, 1.807) is 40.1 Å². The molecule has 2 aromatic carbocycles. The Morgan fingerprint density at radius 1 is 1.20 bits per heavy atom. The van der Waals surface area contributed by atoms with Crippen molar-refractivity contribution in [1.29, 1.82) is 0 Å². The molecule has 7 nitrogen and oxygen atoms in total. The van der Waals surface area contributed by atoms with Crippen LogP contribution in [-0.2, 0) is 9.59 Å². The molecule has 9 heteroatoms. The first-order valence-electron chi connectivity index (χ1n) is 9.56.